The van der Waals surface area contributed by atoms with Crippen LogP contribution in [0.3, 0.4) is 0 Å². The van der Waals surface area contributed by atoms with E-state index in [-0.39, 0.29) is 0 Å². The highest BCUT2D eigenvalue weighted by molar-refractivity contribution is 6.88. The van der Waals surface area contributed by atoms with E-state index in [0.29, 0.717) is 13.2 Å². The zero-order valence-electron chi connectivity index (χ0n) is 16.7. The standard InChI is InChI=1S/C21H32N2O2Si/c1-24-14-12-23(13-15-25-2)18-8-11-21(22)20(16-18)17-6-9-19(10-7-17)26(3,4)5/h6-11,16H,12-15,22H2,1-5H3. The summed E-state index contributed by atoms with van der Waals surface area (Å²) in [5, 5.41) is 1.46. The monoisotopic (exact) mass is 372 g/mol. The maximum absolute atomic E-state index is 6.29. The lowest BCUT2D eigenvalue weighted by Gasteiger charge is -2.25. The Morgan fingerprint density at radius 2 is 1.46 bits per heavy atom. The van der Waals surface area contributed by atoms with E-state index in [1.807, 2.05) is 6.07 Å². The van der Waals surface area contributed by atoms with Gasteiger partial charge in [-0.25, -0.2) is 0 Å². The van der Waals surface area contributed by atoms with Crippen LogP contribution in [0.25, 0.3) is 11.1 Å². The quantitative estimate of drug-likeness (QED) is 0.540. The van der Waals surface area contributed by atoms with Gasteiger partial charge < -0.3 is 20.1 Å². The van der Waals surface area contributed by atoms with Crippen LogP contribution in [-0.4, -0.2) is 48.6 Å². The molecule has 0 amide bonds. The van der Waals surface area contributed by atoms with Gasteiger partial charge in [0.15, 0.2) is 0 Å². The number of methoxy groups -OCH3 is 2. The van der Waals surface area contributed by atoms with Gasteiger partial charge in [0.05, 0.1) is 21.3 Å². The highest BCUT2D eigenvalue weighted by Crippen LogP contribution is 2.30. The van der Waals surface area contributed by atoms with E-state index < -0.39 is 8.07 Å². The number of hydrogen-bond acceptors (Lipinski definition) is 4. The van der Waals surface area contributed by atoms with E-state index >= 15 is 0 Å². The summed E-state index contributed by atoms with van der Waals surface area (Å²) < 4.78 is 10.5. The van der Waals surface area contributed by atoms with Crippen molar-refractivity contribution in [1.29, 1.82) is 0 Å². The molecule has 0 unspecified atom stereocenters. The van der Waals surface area contributed by atoms with Crippen molar-refractivity contribution in [2.45, 2.75) is 19.6 Å². The number of nitrogen functional groups attached to an aromatic ring is 1. The fraction of sp³-hybridized carbons (Fsp3) is 0.429. The molecule has 0 aliphatic heterocycles. The smallest absolute Gasteiger partial charge is 0.0775 e. The lowest BCUT2D eigenvalue weighted by molar-refractivity contribution is 0.190. The summed E-state index contributed by atoms with van der Waals surface area (Å²) in [5.41, 5.74) is 10.5. The van der Waals surface area contributed by atoms with Gasteiger partial charge >= 0.3 is 0 Å². The first-order valence-corrected chi connectivity index (χ1v) is 12.6. The molecule has 0 heterocycles. The Labute approximate surface area is 158 Å². The van der Waals surface area contributed by atoms with Crippen molar-refractivity contribution in [1.82, 2.24) is 0 Å². The van der Waals surface area contributed by atoms with Crippen LogP contribution < -0.4 is 15.8 Å². The van der Waals surface area contributed by atoms with Gasteiger partial charge in [0.2, 0.25) is 0 Å². The van der Waals surface area contributed by atoms with Gasteiger partial charge in [-0.1, -0.05) is 49.1 Å². The number of nitrogens with two attached hydrogens (primary N) is 1. The second-order valence-corrected chi connectivity index (χ2v) is 12.6. The van der Waals surface area contributed by atoms with Crippen molar-refractivity contribution < 1.29 is 9.47 Å². The average Bonchev–Trinajstić information content (AvgIpc) is 2.62. The van der Waals surface area contributed by atoms with Crippen molar-refractivity contribution in [3.05, 3.63) is 42.5 Å². The molecule has 2 rings (SSSR count). The summed E-state index contributed by atoms with van der Waals surface area (Å²) in [5.74, 6) is 0. The highest BCUT2D eigenvalue weighted by atomic mass is 28.3. The Bertz CT molecular complexity index is 688. The number of ether oxygens (including phenoxy) is 2. The number of anilines is 2. The summed E-state index contributed by atoms with van der Waals surface area (Å²) >= 11 is 0. The second-order valence-electron chi connectivity index (χ2n) is 7.57. The Kier molecular flexibility index (Phi) is 7.26. The first-order valence-electron chi connectivity index (χ1n) is 9.10. The molecule has 2 aromatic carbocycles. The molecule has 0 aliphatic rings. The van der Waals surface area contributed by atoms with Crippen LogP contribution in [0, 0.1) is 0 Å². The molecule has 0 saturated carbocycles. The number of benzene rings is 2. The third-order valence-electron chi connectivity index (χ3n) is 4.59. The minimum Gasteiger partial charge on any atom is -0.398 e. The lowest BCUT2D eigenvalue weighted by atomic mass is 10.0. The fourth-order valence-corrected chi connectivity index (χ4v) is 4.08. The number of nitrogens with zero attached hydrogens (tertiary/aromatic N) is 1. The SMILES string of the molecule is COCCN(CCOC)c1ccc(N)c(-c2ccc([Si](C)(C)C)cc2)c1. The molecular weight excluding hydrogens is 340 g/mol. The van der Waals surface area contributed by atoms with Gasteiger partial charge in [0, 0.05) is 44.2 Å². The minimum absolute atomic E-state index is 0.675. The third-order valence-corrected chi connectivity index (χ3v) is 6.66. The summed E-state index contributed by atoms with van der Waals surface area (Å²) in [6.45, 7) is 10.1. The van der Waals surface area contributed by atoms with E-state index in [1.165, 1.54) is 5.19 Å². The zero-order chi connectivity index (χ0) is 19.2. The molecule has 2 aromatic rings. The molecule has 0 bridgehead atoms. The van der Waals surface area contributed by atoms with E-state index in [2.05, 4.69) is 60.9 Å². The molecule has 0 aliphatic carbocycles. The molecule has 26 heavy (non-hydrogen) atoms. The van der Waals surface area contributed by atoms with Crippen molar-refractivity contribution in [2.75, 3.05) is 51.2 Å². The van der Waals surface area contributed by atoms with Crippen LogP contribution in [0.5, 0.6) is 0 Å². The van der Waals surface area contributed by atoms with E-state index in [9.17, 15) is 0 Å². The molecule has 142 valence electrons. The highest BCUT2D eigenvalue weighted by Gasteiger charge is 2.16. The Hall–Kier alpha value is -1.82. The molecule has 0 radical (unpaired) electrons. The Morgan fingerprint density at radius 3 is 1.96 bits per heavy atom. The van der Waals surface area contributed by atoms with Crippen molar-refractivity contribution in [3.63, 3.8) is 0 Å². The fourth-order valence-electron chi connectivity index (χ4n) is 2.91. The molecule has 5 heteroatoms. The molecule has 0 atom stereocenters. The van der Waals surface area contributed by atoms with Gasteiger partial charge in [-0.05, 0) is 23.8 Å². The van der Waals surface area contributed by atoms with Crippen molar-refractivity contribution >= 4 is 24.6 Å². The topological polar surface area (TPSA) is 47.7 Å². The summed E-state index contributed by atoms with van der Waals surface area (Å²) in [6.07, 6.45) is 0. The second kappa shape index (κ2) is 9.21. The van der Waals surface area contributed by atoms with E-state index in [1.54, 1.807) is 14.2 Å². The molecule has 4 nitrogen and oxygen atoms in total. The predicted octanol–water partition coefficient (Wildman–Crippen LogP) is 3.58. The van der Waals surface area contributed by atoms with Crippen LogP contribution >= 0.6 is 0 Å². The summed E-state index contributed by atoms with van der Waals surface area (Å²) in [4.78, 5) is 2.27. The van der Waals surface area contributed by atoms with Crippen molar-refractivity contribution in [3.8, 4) is 11.1 Å². The predicted molar refractivity (Wildman–Crippen MR) is 115 cm³/mol. The van der Waals surface area contributed by atoms with Crippen LogP contribution in [0.4, 0.5) is 11.4 Å². The molecule has 0 aromatic heterocycles. The van der Waals surface area contributed by atoms with Crippen molar-refractivity contribution in [2.24, 2.45) is 0 Å². The minimum atomic E-state index is -1.30. The summed E-state index contributed by atoms with van der Waals surface area (Å²) in [7, 11) is 2.15. The Balaban J connectivity index is 2.33. The molecule has 2 N–H and O–H groups in total. The zero-order valence-corrected chi connectivity index (χ0v) is 17.7. The molecule has 0 spiro atoms. The first kappa shape index (κ1) is 20.5. The van der Waals surface area contributed by atoms with Crippen LogP contribution in [0.1, 0.15) is 0 Å². The number of rotatable bonds is 9. The maximum atomic E-state index is 6.29. The van der Waals surface area contributed by atoms with Gasteiger partial charge in [0.1, 0.15) is 0 Å². The van der Waals surface area contributed by atoms with Crippen LogP contribution in [0.2, 0.25) is 19.6 Å². The van der Waals surface area contributed by atoms with Gasteiger partial charge in [-0.2, -0.15) is 0 Å². The molecular formula is C21H32N2O2Si. The largest absolute Gasteiger partial charge is 0.398 e. The van der Waals surface area contributed by atoms with E-state index in [4.69, 9.17) is 15.2 Å². The van der Waals surface area contributed by atoms with E-state index in [0.717, 1.165) is 35.6 Å². The Morgan fingerprint density at radius 1 is 0.885 bits per heavy atom. The number of hydrogen-bond donors (Lipinski definition) is 1. The van der Waals surface area contributed by atoms with Crippen LogP contribution in [-0.2, 0) is 9.47 Å². The third kappa shape index (κ3) is 5.33. The lowest BCUT2D eigenvalue weighted by Crippen LogP contribution is -2.37. The normalized spacial score (nSPS) is 11.6. The van der Waals surface area contributed by atoms with Gasteiger partial charge in [-0.15, -0.1) is 0 Å². The molecule has 0 fully saturated rings. The molecule has 0 saturated heterocycles. The average molecular weight is 373 g/mol. The van der Waals surface area contributed by atoms with Gasteiger partial charge in [-0.3, -0.25) is 0 Å². The maximum Gasteiger partial charge on any atom is 0.0775 e. The van der Waals surface area contributed by atoms with Crippen LogP contribution in [0.15, 0.2) is 42.5 Å². The van der Waals surface area contributed by atoms with Gasteiger partial charge in [0.25, 0.3) is 0 Å². The summed E-state index contributed by atoms with van der Waals surface area (Å²) in [6, 6.07) is 15.1. The first-order chi connectivity index (χ1) is 12.4.